The van der Waals surface area contributed by atoms with E-state index in [-0.39, 0.29) is 10.8 Å². The number of aryl methyl sites for hydroxylation is 3. The highest BCUT2D eigenvalue weighted by atomic mass is 16.3. The fourth-order valence-corrected chi connectivity index (χ4v) is 3.01. The van der Waals surface area contributed by atoms with Gasteiger partial charge < -0.3 is 5.11 Å². The maximum Gasteiger partial charge on any atom is 0.123 e. The molecule has 1 N–H and O–H groups in total. The molecule has 0 saturated heterocycles. The normalized spacial score (nSPS) is 11.8. The highest BCUT2D eigenvalue weighted by Crippen LogP contribution is 2.38. The quantitative estimate of drug-likeness (QED) is 0.552. The van der Waals surface area contributed by atoms with Crippen molar-refractivity contribution in [1.82, 2.24) is 0 Å². The molecule has 2 aromatic rings. The molecule has 1 heteroatoms. The molecule has 0 heterocycles. The van der Waals surface area contributed by atoms with E-state index >= 15 is 0 Å². The minimum Gasteiger partial charge on any atom is -0.507 e. The van der Waals surface area contributed by atoms with Gasteiger partial charge in [0.15, 0.2) is 0 Å². The summed E-state index contributed by atoms with van der Waals surface area (Å²) in [5.41, 5.74) is 7.61. The van der Waals surface area contributed by atoms with E-state index in [9.17, 15) is 5.11 Å². The van der Waals surface area contributed by atoms with Crippen LogP contribution in [0.5, 0.6) is 5.75 Å². The second-order valence-electron chi connectivity index (χ2n) is 9.23. The number of para-hydroxylation sites is 1. The lowest BCUT2D eigenvalue weighted by Crippen LogP contribution is -2.16. The summed E-state index contributed by atoms with van der Waals surface area (Å²) in [5.74, 6) is 0.456. The summed E-state index contributed by atoms with van der Waals surface area (Å²) in [6.07, 6.45) is 0. The number of aromatic hydroxyl groups is 1. The fourth-order valence-electron chi connectivity index (χ4n) is 3.01. The van der Waals surface area contributed by atoms with Gasteiger partial charge in [-0.2, -0.15) is 0 Å². The van der Waals surface area contributed by atoms with E-state index in [4.69, 9.17) is 0 Å². The fraction of sp³-hybridized carbons (Fsp3) is 0.500. The molecule has 0 amide bonds. The summed E-state index contributed by atoms with van der Waals surface area (Å²) >= 11 is 0. The summed E-state index contributed by atoms with van der Waals surface area (Å²) in [5, 5.41) is 10.3. The Bertz CT molecular complexity index is 669. The molecule has 138 valence electrons. The van der Waals surface area contributed by atoms with Crippen LogP contribution in [0.4, 0.5) is 0 Å². The molecule has 0 radical (unpaired) electrons. The number of hydrogen-bond acceptors (Lipinski definition) is 1. The average molecular weight is 341 g/mol. The third-order valence-electron chi connectivity index (χ3n) is 4.72. The minimum absolute atomic E-state index is 0.00859. The Kier molecular flexibility index (Phi) is 6.50. The van der Waals surface area contributed by atoms with Crippen molar-refractivity contribution in [1.29, 1.82) is 0 Å². The molecule has 0 bridgehead atoms. The summed E-state index contributed by atoms with van der Waals surface area (Å²) in [7, 11) is 0. The summed E-state index contributed by atoms with van der Waals surface area (Å²) < 4.78 is 0. The number of phenolic OH excluding ortho intramolecular Hbond substituents is 1. The highest BCUT2D eigenvalue weighted by molar-refractivity contribution is 5.46. The predicted molar refractivity (Wildman–Crippen MR) is 111 cm³/mol. The molecule has 0 saturated carbocycles. The Morgan fingerprint density at radius 3 is 1.36 bits per heavy atom. The predicted octanol–water partition coefficient (Wildman–Crippen LogP) is 6.91. The summed E-state index contributed by atoms with van der Waals surface area (Å²) in [6, 6.07) is 10.5. The van der Waals surface area contributed by atoms with Crippen LogP contribution in [0.25, 0.3) is 0 Å². The average Bonchev–Trinajstić information content (AvgIpc) is 2.43. The van der Waals surface area contributed by atoms with Gasteiger partial charge in [-0.15, -0.1) is 0 Å². The molecule has 25 heavy (non-hydrogen) atoms. The Morgan fingerprint density at radius 2 is 1.04 bits per heavy atom. The smallest absolute Gasteiger partial charge is 0.123 e. The maximum absolute atomic E-state index is 10.3. The van der Waals surface area contributed by atoms with Crippen molar-refractivity contribution in [2.75, 3.05) is 0 Å². The first-order valence-electron chi connectivity index (χ1n) is 9.12. The molecule has 2 aromatic carbocycles. The molecular formula is C24H36O. The van der Waals surface area contributed by atoms with Gasteiger partial charge in [-0.25, -0.2) is 0 Å². The topological polar surface area (TPSA) is 20.2 Å². The highest BCUT2D eigenvalue weighted by Gasteiger charge is 2.24. The third-order valence-corrected chi connectivity index (χ3v) is 4.72. The first-order valence-corrected chi connectivity index (χ1v) is 9.12. The van der Waals surface area contributed by atoms with Crippen molar-refractivity contribution >= 4 is 0 Å². The maximum atomic E-state index is 10.3. The first kappa shape index (κ1) is 21.3. The third kappa shape index (κ3) is 5.63. The van der Waals surface area contributed by atoms with Crippen LogP contribution in [0.3, 0.4) is 0 Å². The first-order chi connectivity index (χ1) is 11.2. The molecule has 0 unspecified atom stereocenters. The van der Waals surface area contributed by atoms with Crippen molar-refractivity contribution in [3.63, 3.8) is 0 Å². The van der Waals surface area contributed by atoms with Crippen LogP contribution in [0, 0.1) is 27.7 Å². The molecule has 0 fully saturated rings. The lowest BCUT2D eigenvalue weighted by Gasteiger charge is -2.26. The van der Waals surface area contributed by atoms with Crippen molar-refractivity contribution in [2.24, 2.45) is 0 Å². The van der Waals surface area contributed by atoms with Crippen LogP contribution >= 0.6 is 0 Å². The van der Waals surface area contributed by atoms with E-state index in [1.165, 1.54) is 22.3 Å². The van der Waals surface area contributed by atoms with Crippen molar-refractivity contribution in [3.05, 3.63) is 63.7 Å². The van der Waals surface area contributed by atoms with Crippen molar-refractivity contribution < 1.29 is 5.11 Å². The van der Waals surface area contributed by atoms with Crippen LogP contribution in [0.1, 0.15) is 74.9 Å². The molecule has 2 rings (SSSR count). The molecule has 0 aliphatic carbocycles. The number of hydrogen-bond donors (Lipinski definition) is 1. The van der Waals surface area contributed by atoms with Gasteiger partial charge in [0, 0.05) is 0 Å². The van der Waals surface area contributed by atoms with Crippen LogP contribution in [0.15, 0.2) is 30.3 Å². The van der Waals surface area contributed by atoms with E-state index < -0.39 is 0 Å². The number of benzene rings is 2. The van der Waals surface area contributed by atoms with Crippen LogP contribution in [-0.2, 0) is 10.8 Å². The Balaban J connectivity index is 0.000000271. The van der Waals surface area contributed by atoms with Gasteiger partial charge in [0.05, 0.1) is 0 Å². The van der Waals surface area contributed by atoms with E-state index in [2.05, 4.69) is 81.4 Å². The van der Waals surface area contributed by atoms with Gasteiger partial charge in [-0.1, -0.05) is 77.4 Å². The second kappa shape index (κ2) is 7.64. The number of phenols is 1. The lowest BCUT2D eigenvalue weighted by atomic mass is 9.80. The molecule has 0 atom stereocenters. The molecule has 0 aliphatic heterocycles. The molecule has 0 aliphatic rings. The standard InChI is InChI=1S/C14H22O.C10H14/c1-13(2,3)10-8-7-9-11(12(10)15)14(4,5)6;1-7-5-8(2)10(4)9(3)6-7/h7-9,15H,1-6H3;5-6H,1-4H3. The van der Waals surface area contributed by atoms with Crippen molar-refractivity contribution in [3.8, 4) is 5.75 Å². The Morgan fingerprint density at radius 1 is 0.680 bits per heavy atom. The second-order valence-corrected chi connectivity index (χ2v) is 9.23. The van der Waals surface area contributed by atoms with Gasteiger partial charge >= 0.3 is 0 Å². The van der Waals surface area contributed by atoms with Gasteiger partial charge in [-0.3, -0.25) is 0 Å². The zero-order chi connectivity index (χ0) is 19.6. The Hall–Kier alpha value is -1.76. The Labute approximate surface area is 155 Å². The van der Waals surface area contributed by atoms with E-state index in [1.54, 1.807) is 0 Å². The van der Waals surface area contributed by atoms with E-state index in [1.807, 2.05) is 18.2 Å². The van der Waals surface area contributed by atoms with Crippen LogP contribution in [-0.4, -0.2) is 5.11 Å². The summed E-state index contributed by atoms with van der Waals surface area (Å²) in [4.78, 5) is 0. The molecule has 0 spiro atoms. The molecule has 1 nitrogen and oxygen atoms in total. The van der Waals surface area contributed by atoms with Gasteiger partial charge in [0.25, 0.3) is 0 Å². The largest absolute Gasteiger partial charge is 0.507 e. The summed E-state index contributed by atoms with van der Waals surface area (Å²) in [6.45, 7) is 21.4. The SMILES string of the molecule is CC(C)(C)c1cccc(C(C)(C)C)c1O.Cc1cc(C)c(C)c(C)c1. The minimum atomic E-state index is -0.00859. The lowest BCUT2D eigenvalue weighted by molar-refractivity contribution is 0.423. The van der Waals surface area contributed by atoms with Crippen LogP contribution < -0.4 is 0 Å². The van der Waals surface area contributed by atoms with Crippen molar-refractivity contribution in [2.45, 2.75) is 80.1 Å². The monoisotopic (exact) mass is 340 g/mol. The molecular weight excluding hydrogens is 304 g/mol. The van der Waals surface area contributed by atoms with Gasteiger partial charge in [0.2, 0.25) is 0 Å². The van der Waals surface area contributed by atoms with Gasteiger partial charge in [0.1, 0.15) is 5.75 Å². The number of rotatable bonds is 0. The zero-order valence-electron chi connectivity index (χ0n) is 17.8. The van der Waals surface area contributed by atoms with Gasteiger partial charge in [-0.05, 0) is 66.3 Å². The van der Waals surface area contributed by atoms with Crippen LogP contribution in [0.2, 0.25) is 0 Å². The van der Waals surface area contributed by atoms with E-state index in [0.717, 1.165) is 11.1 Å². The molecule has 0 aromatic heterocycles. The zero-order valence-corrected chi connectivity index (χ0v) is 17.8. The van der Waals surface area contributed by atoms with E-state index in [0.29, 0.717) is 5.75 Å².